The van der Waals surface area contributed by atoms with Gasteiger partial charge >= 0.3 is 0 Å². The quantitative estimate of drug-likeness (QED) is 0.650. The van der Waals surface area contributed by atoms with E-state index in [-0.39, 0.29) is 11.5 Å². The van der Waals surface area contributed by atoms with E-state index in [4.69, 9.17) is 5.73 Å². The molecule has 0 bridgehead atoms. The highest BCUT2D eigenvalue weighted by Crippen LogP contribution is 2.05. The summed E-state index contributed by atoms with van der Waals surface area (Å²) in [6.45, 7) is 2.20. The number of nitrogen functional groups attached to an aromatic ring is 1. The summed E-state index contributed by atoms with van der Waals surface area (Å²) in [4.78, 5) is 11.5. The molecule has 0 aromatic carbocycles. The lowest BCUT2D eigenvalue weighted by Crippen LogP contribution is -2.24. The molecule has 84 valence electrons. The molecule has 0 aliphatic heterocycles. The number of nitrogens with zero attached hydrogens (tertiary/aromatic N) is 3. The number of anilines is 1. The predicted molar refractivity (Wildman–Crippen MR) is 53.2 cm³/mol. The molecule has 0 radical (unpaired) electrons. The summed E-state index contributed by atoms with van der Waals surface area (Å²) in [6, 6.07) is 0. The fourth-order valence-electron chi connectivity index (χ4n) is 1.17. The minimum atomic E-state index is -0.431. The zero-order chi connectivity index (χ0) is 11.5. The van der Waals surface area contributed by atoms with Crippen molar-refractivity contribution in [3.05, 3.63) is 23.1 Å². The van der Waals surface area contributed by atoms with Gasteiger partial charge < -0.3 is 11.1 Å². The van der Waals surface area contributed by atoms with E-state index >= 15 is 0 Å². The fourth-order valence-corrected chi connectivity index (χ4v) is 1.17. The minimum Gasteiger partial charge on any atom is -0.379 e. The van der Waals surface area contributed by atoms with Crippen LogP contribution >= 0.6 is 0 Å². The maximum Gasteiger partial charge on any atom is 0.277 e. The highest BCUT2D eigenvalue weighted by molar-refractivity contribution is 5.95. The predicted octanol–water partition coefficient (Wildman–Crippen LogP) is -0.387. The molecule has 1 amide bonds. The number of nitrogens with two attached hydrogens (primary N) is 1. The first-order valence-corrected chi connectivity index (χ1v) is 4.53. The third kappa shape index (κ3) is 1.85. The zero-order valence-corrected chi connectivity index (χ0v) is 8.52. The van der Waals surface area contributed by atoms with Gasteiger partial charge in [-0.05, 0) is 17.2 Å². The van der Waals surface area contributed by atoms with Gasteiger partial charge in [0.1, 0.15) is 0 Å². The Kier molecular flexibility index (Phi) is 2.54. The van der Waals surface area contributed by atoms with Crippen molar-refractivity contribution >= 4 is 11.7 Å². The first kappa shape index (κ1) is 10.1. The van der Waals surface area contributed by atoms with E-state index in [0.29, 0.717) is 6.54 Å². The molecule has 16 heavy (non-hydrogen) atoms. The molecule has 8 nitrogen and oxygen atoms in total. The number of rotatable bonds is 3. The highest BCUT2D eigenvalue weighted by atomic mass is 16.6. The van der Waals surface area contributed by atoms with Crippen molar-refractivity contribution in [3.63, 3.8) is 0 Å². The second kappa shape index (κ2) is 4.01. The molecule has 4 N–H and O–H groups in total. The van der Waals surface area contributed by atoms with E-state index in [2.05, 4.69) is 30.5 Å². The number of hydrogen-bond donors (Lipinski definition) is 3. The number of hydrogen-bond acceptors (Lipinski definition) is 6. The molecule has 0 saturated carbocycles. The van der Waals surface area contributed by atoms with Gasteiger partial charge in [-0.3, -0.25) is 9.89 Å². The van der Waals surface area contributed by atoms with Crippen LogP contribution in [0.3, 0.4) is 0 Å². The van der Waals surface area contributed by atoms with Crippen LogP contribution in [-0.4, -0.2) is 26.4 Å². The molecule has 0 atom stereocenters. The second-order valence-corrected chi connectivity index (χ2v) is 3.20. The number of amides is 1. The van der Waals surface area contributed by atoms with Crippen molar-refractivity contribution in [2.75, 3.05) is 5.73 Å². The molecule has 0 spiro atoms. The van der Waals surface area contributed by atoms with E-state index < -0.39 is 5.91 Å². The number of nitrogens with one attached hydrogen (secondary N) is 2. The van der Waals surface area contributed by atoms with E-state index in [1.54, 1.807) is 6.20 Å². The van der Waals surface area contributed by atoms with Crippen LogP contribution in [0, 0.1) is 6.92 Å². The third-order valence-electron chi connectivity index (χ3n) is 2.10. The van der Waals surface area contributed by atoms with Crippen molar-refractivity contribution in [1.82, 2.24) is 25.8 Å². The van der Waals surface area contributed by atoms with Crippen molar-refractivity contribution in [2.45, 2.75) is 13.5 Å². The largest absolute Gasteiger partial charge is 0.379 e. The number of aryl methyl sites for hydroxylation is 1. The van der Waals surface area contributed by atoms with Crippen LogP contribution in [0.4, 0.5) is 5.82 Å². The maximum absolute atomic E-state index is 11.5. The standard InChI is InChI=1S/C8H10N6O2/c1-4-5(3-11-12-4)2-10-8(15)6-7(9)14-16-13-6/h3H,2H2,1H3,(H2,9,14)(H,10,15)(H,11,12). The molecule has 0 aliphatic carbocycles. The highest BCUT2D eigenvalue weighted by Gasteiger charge is 2.15. The number of carbonyl (C=O) groups is 1. The average molecular weight is 222 g/mol. The van der Waals surface area contributed by atoms with E-state index in [9.17, 15) is 4.79 Å². The van der Waals surface area contributed by atoms with Crippen LogP contribution in [0.5, 0.6) is 0 Å². The molecule has 0 unspecified atom stereocenters. The van der Waals surface area contributed by atoms with E-state index in [1.807, 2.05) is 6.92 Å². The van der Waals surface area contributed by atoms with Gasteiger partial charge in [0.2, 0.25) is 11.5 Å². The molecular formula is C8H10N6O2. The Morgan fingerprint density at radius 1 is 1.62 bits per heavy atom. The van der Waals surface area contributed by atoms with Gasteiger partial charge in [-0.2, -0.15) is 5.10 Å². The average Bonchev–Trinajstić information content (AvgIpc) is 2.84. The lowest BCUT2D eigenvalue weighted by atomic mass is 10.2. The molecule has 2 aromatic rings. The van der Waals surface area contributed by atoms with Crippen molar-refractivity contribution in [2.24, 2.45) is 0 Å². The maximum atomic E-state index is 11.5. The minimum absolute atomic E-state index is 0.0128. The summed E-state index contributed by atoms with van der Waals surface area (Å²) in [6.07, 6.45) is 1.64. The Morgan fingerprint density at radius 3 is 3.00 bits per heavy atom. The van der Waals surface area contributed by atoms with Crippen LogP contribution in [-0.2, 0) is 6.54 Å². The van der Waals surface area contributed by atoms with E-state index in [0.717, 1.165) is 11.3 Å². The Hall–Kier alpha value is -2.38. The second-order valence-electron chi connectivity index (χ2n) is 3.20. The molecule has 0 aliphatic rings. The molecule has 0 fully saturated rings. The van der Waals surface area contributed by atoms with Gasteiger partial charge in [-0.1, -0.05) is 0 Å². The van der Waals surface area contributed by atoms with Crippen LogP contribution < -0.4 is 11.1 Å². The van der Waals surface area contributed by atoms with Crippen LogP contribution in [0.2, 0.25) is 0 Å². The summed E-state index contributed by atoms with van der Waals surface area (Å²) in [5.74, 6) is -0.458. The Labute approximate surface area is 90.2 Å². The Morgan fingerprint density at radius 2 is 2.44 bits per heavy atom. The Bertz CT molecular complexity index is 502. The van der Waals surface area contributed by atoms with Crippen LogP contribution in [0.15, 0.2) is 10.8 Å². The van der Waals surface area contributed by atoms with Crippen molar-refractivity contribution in [1.29, 1.82) is 0 Å². The van der Waals surface area contributed by atoms with Gasteiger partial charge in [0, 0.05) is 17.8 Å². The number of aromatic nitrogens is 4. The van der Waals surface area contributed by atoms with Gasteiger partial charge in [0.15, 0.2) is 0 Å². The fraction of sp³-hybridized carbons (Fsp3) is 0.250. The monoisotopic (exact) mass is 222 g/mol. The molecule has 2 rings (SSSR count). The molecule has 2 aromatic heterocycles. The molecule has 8 heteroatoms. The zero-order valence-electron chi connectivity index (χ0n) is 8.52. The van der Waals surface area contributed by atoms with Crippen molar-refractivity contribution < 1.29 is 9.42 Å². The number of H-pyrrole nitrogens is 1. The summed E-state index contributed by atoms with van der Waals surface area (Å²) in [7, 11) is 0. The lowest BCUT2D eigenvalue weighted by molar-refractivity contribution is 0.0941. The number of aromatic amines is 1. The van der Waals surface area contributed by atoms with E-state index in [1.165, 1.54) is 0 Å². The normalized spacial score (nSPS) is 10.3. The third-order valence-corrected chi connectivity index (χ3v) is 2.10. The summed E-state index contributed by atoms with van der Waals surface area (Å²) in [5, 5.41) is 15.9. The molecular weight excluding hydrogens is 212 g/mol. The smallest absolute Gasteiger partial charge is 0.277 e. The first-order chi connectivity index (χ1) is 7.68. The topological polar surface area (TPSA) is 123 Å². The summed E-state index contributed by atoms with van der Waals surface area (Å²) in [5.41, 5.74) is 7.15. The van der Waals surface area contributed by atoms with Crippen LogP contribution in [0.1, 0.15) is 21.7 Å². The SMILES string of the molecule is Cc1[nH]ncc1CNC(=O)c1nonc1N. The first-order valence-electron chi connectivity index (χ1n) is 4.53. The lowest BCUT2D eigenvalue weighted by Gasteiger charge is -2.01. The van der Waals surface area contributed by atoms with Gasteiger partial charge in [0.05, 0.1) is 6.20 Å². The van der Waals surface area contributed by atoms with Gasteiger partial charge in [-0.25, -0.2) is 4.63 Å². The summed E-state index contributed by atoms with van der Waals surface area (Å²) < 4.78 is 4.32. The number of carbonyl (C=O) groups excluding carboxylic acids is 1. The molecule has 0 saturated heterocycles. The Balaban J connectivity index is 1.99. The summed E-state index contributed by atoms with van der Waals surface area (Å²) >= 11 is 0. The van der Waals surface area contributed by atoms with Gasteiger partial charge in [-0.15, -0.1) is 0 Å². The van der Waals surface area contributed by atoms with Crippen molar-refractivity contribution in [3.8, 4) is 0 Å². The van der Waals surface area contributed by atoms with Crippen LogP contribution in [0.25, 0.3) is 0 Å². The molecule has 2 heterocycles. The van der Waals surface area contributed by atoms with Gasteiger partial charge in [0.25, 0.3) is 5.91 Å².